The molecule has 0 rings (SSSR count). The van der Waals surface area contributed by atoms with Crippen molar-refractivity contribution in [2.45, 2.75) is 238 Å². The minimum absolute atomic E-state index is 0.144. The molecule has 0 aromatic carbocycles. The van der Waals surface area contributed by atoms with Gasteiger partial charge in [0.1, 0.15) is 12.7 Å². The molecule has 11 nitrogen and oxygen atoms in total. The second-order valence-electron chi connectivity index (χ2n) is 17.7. The molecule has 0 heterocycles. The van der Waals surface area contributed by atoms with E-state index >= 15 is 0 Å². The molecule has 12 heteroatoms. The maximum Gasteiger partial charge on any atom is 0.472 e. The van der Waals surface area contributed by atoms with Crippen molar-refractivity contribution in [3.63, 3.8) is 0 Å². The van der Waals surface area contributed by atoms with Crippen molar-refractivity contribution in [1.82, 2.24) is 0 Å². The van der Waals surface area contributed by atoms with Crippen molar-refractivity contribution >= 4 is 25.7 Å². The smallest absolute Gasteiger partial charge is 0.462 e. The number of hydrogen-bond donors (Lipinski definition) is 2. The Morgan fingerprint density at radius 2 is 0.779 bits per heavy atom. The number of phosphoric acid groups is 1. The lowest BCUT2D eigenvalue weighted by Crippen LogP contribution is -2.30. The third-order valence-corrected chi connectivity index (χ3v) is 12.0. The van der Waals surface area contributed by atoms with Gasteiger partial charge >= 0.3 is 25.7 Å². The van der Waals surface area contributed by atoms with Crippen LogP contribution in [-0.2, 0) is 42.2 Å². The molecule has 0 saturated heterocycles. The first-order valence-electron chi connectivity index (χ1n) is 26.8. The van der Waals surface area contributed by atoms with Crippen molar-refractivity contribution in [2.75, 3.05) is 26.4 Å². The number of carbonyl (C=O) groups excluding carboxylic acids is 3. The number of allylic oxidation sites excluding steroid dienone is 12. The average molecular weight is 977 g/mol. The molecule has 0 bridgehead atoms. The van der Waals surface area contributed by atoms with E-state index in [-0.39, 0.29) is 25.9 Å². The third kappa shape index (κ3) is 48.0. The molecule has 3 atom stereocenters. The van der Waals surface area contributed by atoms with Gasteiger partial charge in [-0.1, -0.05) is 177 Å². The lowest BCUT2D eigenvalue weighted by Gasteiger charge is -2.21. The molecule has 0 aliphatic heterocycles. The van der Waals surface area contributed by atoms with Crippen LogP contribution < -0.4 is 0 Å². The minimum atomic E-state index is -4.75. The first-order valence-corrected chi connectivity index (χ1v) is 28.3. The Morgan fingerprint density at radius 1 is 0.426 bits per heavy atom. The van der Waals surface area contributed by atoms with Gasteiger partial charge in [-0.3, -0.25) is 23.4 Å². The zero-order valence-corrected chi connectivity index (χ0v) is 43.9. The fourth-order valence-electron chi connectivity index (χ4n) is 6.97. The first-order chi connectivity index (χ1) is 33.2. The fourth-order valence-corrected chi connectivity index (χ4v) is 7.75. The summed E-state index contributed by atoms with van der Waals surface area (Å²) in [5.74, 6) is -1.51. The van der Waals surface area contributed by atoms with Crippen molar-refractivity contribution in [3.8, 4) is 0 Å². The Balaban J connectivity index is 4.75. The summed E-state index contributed by atoms with van der Waals surface area (Å²) >= 11 is 0. The summed E-state index contributed by atoms with van der Waals surface area (Å²) < 4.78 is 39.4. The topological polar surface area (TPSA) is 155 Å². The number of esters is 3. The SMILES string of the molecule is CC/C=C\C/C=C\C/C=C\CCCCCCCC(=O)OC(COC(=O)CCCCCCC/C=C\CCCC)COP(=O)(O)OCC(CO)OC(=O)CCCCCCC/C=C\C/C=C\CCCCC. The molecular formula is C56H97O11P. The molecular weight excluding hydrogens is 880 g/mol. The van der Waals surface area contributed by atoms with Gasteiger partial charge in [0.15, 0.2) is 6.10 Å². The van der Waals surface area contributed by atoms with Crippen LogP contribution in [0.2, 0.25) is 0 Å². The van der Waals surface area contributed by atoms with Gasteiger partial charge in [0.2, 0.25) is 0 Å². The fraction of sp³-hybridized carbons (Fsp3) is 0.732. The summed E-state index contributed by atoms with van der Waals surface area (Å²) in [4.78, 5) is 48.3. The summed E-state index contributed by atoms with van der Waals surface area (Å²) in [5.41, 5.74) is 0. The molecule has 0 radical (unpaired) electrons. The minimum Gasteiger partial charge on any atom is -0.462 e. The number of hydrogen-bond acceptors (Lipinski definition) is 10. The highest BCUT2D eigenvalue weighted by Gasteiger charge is 2.28. The number of rotatable bonds is 49. The lowest BCUT2D eigenvalue weighted by molar-refractivity contribution is -0.161. The monoisotopic (exact) mass is 977 g/mol. The maximum absolute atomic E-state index is 12.9. The van der Waals surface area contributed by atoms with Gasteiger partial charge in [-0.15, -0.1) is 0 Å². The predicted molar refractivity (Wildman–Crippen MR) is 279 cm³/mol. The quantitative estimate of drug-likeness (QED) is 0.0197. The van der Waals surface area contributed by atoms with E-state index in [1.54, 1.807) is 0 Å². The van der Waals surface area contributed by atoms with Gasteiger partial charge in [0.25, 0.3) is 0 Å². The molecule has 2 N–H and O–H groups in total. The van der Waals surface area contributed by atoms with Crippen molar-refractivity contribution < 1.29 is 52.2 Å². The molecule has 0 aliphatic rings. The molecule has 0 aromatic rings. The number of ether oxygens (including phenoxy) is 3. The zero-order valence-electron chi connectivity index (χ0n) is 43.1. The van der Waals surface area contributed by atoms with Crippen LogP contribution in [0, 0.1) is 0 Å². The Kier molecular flexibility index (Phi) is 48.0. The van der Waals surface area contributed by atoms with E-state index in [0.717, 1.165) is 135 Å². The van der Waals surface area contributed by atoms with E-state index in [1.165, 1.54) is 32.1 Å². The molecule has 0 fully saturated rings. The van der Waals surface area contributed by atoms with Gasteiger partial charge in [-0.25, -0.2) is 4.57 Å². The number of aliphatic hydroxyl groups excluding tert-OH is 1. The third-order valence-electron chi connectivity index (χ3n) is 11.1. The Morgan fingerprint density at radius 3 is 1.24 bits per heavy atom. The van der Waals surface area contributed by atoms with Crippen LogP contribution in [0.1, 0.15) is 226 Å². The normalized spacial score (nSPS) is 14.0. The summed E-state index contributed by atoms with van der Waals surface area (Å²) in [6.07, 6.45) is 54.4. The van der Waals surface area contributed by atoms with Crippen LogP contribution in [0.3, 0.4) is 0 Å². The van der Waals surface area contributed by atoms with Crippen LogP contribution in [-0.4, -0.2) is 66.5 Å². The first kappa shape index (κ1) is 64.9. The van der Waals surface area contributed by atoms with Gasteiger partial charge in [0, 0.05) is 19.3 Å². The second kappa shape index (κ2) is 50.3. The summed E-state index contributed by atoms with van der Waals surface area (Å²) in [6, 6.07) is 0. The largest absolute Gasteiger partial charge is 0.472 e. The van der Waals surface area contributed by atoms with E-state index in [4.69, 9.17) is 23.3 Å². The Hall–Kier alpha value is -3.08. The highest BCUT2D eigenvalue weighted by atomic mass is 31.2. The van der Waals surface area contributed by atoms with E-state index < -0.39 is 57.8 Å². The summed E-state index contributed by atoms with van der Waals surface area (Å²) in [7, 11) is -4.75. The summed E-state index contributed by atoms with van der Waals surface area (Å²) in [5, 5.41) is 9.79. The lowest BCUT2D eigenvalue weighted by atomic mass is 10.1. The number of aliphatic hydroxyl groups is 1. The zero-order chi connectivity index (χ0) is 49.9. The van der Waals surface area contributed by atoms with E-state index in [9.17, 15) is 28.9 Å². The molecule has 3 unspecified atom stereocenters. The summed E-state index contributed by atoms with van der Waals surface area (Å²) in [6.45, 7) is 4.41. The number of carbonyl (C=O) groups is 3. The van der Waals surface area contributed by atoms with Gasteiger partial charge < -0.3 is 24.2 Å². The van der Waals surface area contributed by atoms with Crippen LogP contribution in [0.15, 0.2) is 72.9 Å². The highest BCUT2D eigenvalue weighted by Crippen LogP contribution is 2.43. The van der Waals surface area contributed by atoms with Crippen molar-refractivity contribution in [2.24, 2.45) is 0 Å². The Labute approximate surface area is 414 Å². The molecule has 0 amide bonds. The number of phosphoric ester groups is 1. The standard InChI is InChI=1S/C56H97O11P/c1-4-7-10-13-16-19-22-24-26-28-31-34-37-40-43-46-55(59)66-52(48-57)50-64-68(61,62)65-51-53(49-63-54(58)45-42-39-36-33-30-21-18-15-12-9-6-3)67-56(60)47-44-41-38-35-32-29-27-25-23-20-17-14-11-8-5-2/h8,11,15-20,24-27,52-53,57H,4-7,9-10,12-14,21-23,28-51H2,1-3H3,(H,61,62)/b11-8-,18-15-,19-16-,20-17-,26-24-,27-25-. The second-order valence-corrected chi connectivity index (χ2v) is 19.1. The molecule has 0 saturated carbocycles. The van der Waals surface area contributed by atoms with Gasteiger partial charge in [-0.05, 0) is 103 Å². The van der Waals surface area contributed by atoms with Crippen LogP contribution in [0.25, 0.3) is 0 Å². The molecule has 392 valence electrons. The molecule has 0 aromatic heterocycles. The van der Waals surface area contributed by atoms with Gasteiger partial charge in [-0.2, -0.15) is 0 Å². The maximum atomic E-state index is 12.9. The average Bonchev–Trinajstić information content (AvgIpc) is 3.32. The molecule has 0 spiro atoms. The predicted octanol–water partition coefficient (Wildman–Crippen LogP) is 15.4. The van der Waals surface area contributed by atoms with Crippen LogP contribution in [0.4, 0.5) is 0 Å². The molecule has 0 aliphatic carbocycles. The Bertz CT molecular complexity index is 1420. The number of unbranched alkanes of at least 4 members (excludes halogenated alkanes) is 20. The van der Waals surface area contributed by atoms with Crippen LogP contribution >= 0.6 is 7.82 Å². The van der Waals surface area contributed by atoms with E-state index in [2.05, 4.69) is 93.7 Å². The highest BCUT2D eigenvalue weighted by molar-refractivity contribution is 7.47. The van der Waals surface area contributed by atoms with E-state index in [1.807, 2.05) is 0 Å². The van der Waals surface area contributed by atoms with E-state index in [0.29, 0.717) is 19.3 Å². The van der Waals surface area contributed by atoms with Crippen molar-refractivity contribution in [3.05, 3.63) is 72.9 Å². The van der Waals surface area contributed by atoms with Crippen LogP contribution in [0.5, 0.6) is 0 Å². The molecule has 68 heavy (non-hydrogen) atoms. The van der Waals surface area contributed by atoms with Crippen molar-refractivity contribution in [1.29, 1.82) is 0 Å². The van der Waals surface area contributed by atoms with Gasteiger partial charge in [0.05, 0.1) is 19.8 Å².